The van der Waals surface area contributed by atoms with Crippen LogP contribution in [0.25, 0.3) is 0 Å². The maximum absolute atomic E-state index is 12.5. The molecule has 5 nitrogen and oxygen atoms in total. The van der Waals surface area contributed by atoms with E-state index in [0.717, 1.165) is 25.9 Å². The predicted molar refractivity (Wildman–Crippen MR) is 78.4 cm³/mol. The number of carbonyl (C=O) groups excluding carboxylic acids is 2. The second kappa shape index (κ2) is 8.95. The van der Waals surface area contributed by atoms with E-state index in [4.69, 9.17) is 4.74 Å². The predicted octanol–water partition coefficient (Wildman–Crippen LogP) is 1.66. The average molecular weight is 284 g/mol. The summed E-state index contributed by atoms with van der Waals surface area (Å²) in [6.45, 7) is 8.57. The molecule has 1 aliphatic heterocycles. The maximum atomic E-state index is 12.5. The van der Waals surface area contributed by atoms with Gasteiger partial charge in [-0.05, 0) is 33.2 Å². The van der Waals surface area contributed by atoms with Gasteiger partial charge in [0.1, 0.15) is 0 Å². The van der Waals surface area contributed by atoms with Gasteiger partial charge < -0.3 is 9.64 Å². The molecule has 5 heteroatoms. The number of ether oxygens (including phenoxy) is 1. The molecule has 0 radical (unpaired) electrons. The molecule has 0 aromatic carbocycles. The first kappa shape index (κ1) is 17.0. The zero-order valence-electron chi connectivity index (χ0n) is 13.1. The van der Waals surface area contributed by atoms with E-state index >= 15 is 0 Å². The van der Waals surface area contributed by atoms with Gasteiger partial charge in [0.25, 0.3) is 0 Å². The molecule has 0 N–H and O–H groups in total. The normalized spacial score (nSPS) is 17.7. The Morgan fingerprint density at radius 2 is 1.75 bits per heavy atom. The molecule has 1 saturated heterocycles. The number of rotatable bonds is 6. The minimum absolute atomic E-state index is 0.137. The van der Waals surface area contributed by atoms with Crippen molar-refractivity contribution in [3.63, 3.8) is 0 Å². The second-order valence-electron chi connectivity index (χ2n) is 5.28. The lowest BCUT2D eigenvalue weighted by Crippen LogP contribution is -2.49. The highest BCUT2D eigenvalue weighted by atomic mass is 16.5. The van der Waals surface area contributed by atoms with Gasteiger partial charge >= 0.3 is 5.97 Å². The fourth-order valence-corrected chi connectivity index (χ4v) is 2.61. The van der Waals surface area contributed by atoms with Crippen molar-refractivity contribution in [1.82, 2.24) is 9.80 Å². The van der Waals surface area contributed by atoms with Crippen LogP contribution in [0.5, 0.6) is 0 Å². The molecule has 1 heterocycles. The summed E-state index contributed by atoms with van der Waals surface area (Å²) in [5.41, 5.74) is 0. The number of esters is 1. The Labute approximate surface area is 122 Å². The number of hydrogen-bond acceptors (Lipinski definition) is 4. The molecular formula is C15H28N2O3. The lowest BCUT2D eigenvalue weighted by molar-refractivity contribution is -0.146. The minimum atomic E-state index is -0.262. The molecule has 0 saturated carbocycles. The largest absolute Gasteiger partial charge is 0.465 e. The number of likely N-dealkylation sites (tertiary alicyclic amines) is 1. The van der Waals surface area contributed by atoms with Gasteiger partial charge in [-0.15, -0.1) is 0 Å². The second-order valence-corrected chi connectivity index (χ2v) is 5.28. The molecule has 1 atom stereocenters. The molecule has 0 spiro atoms. The third kappa shape index (κ3) is 5.12. The number of amides is 1. The Bertz CT molecular complexity index is 312. The van der Waals surface area contributed by atoms with Gasteiger partial charge in [0.2, 0.25) is 5.91 Å². The van der Waals surface area contributed by atoms with Crippen LogP contribution in [0.3, 0.4) is 0 Å². The Morgan fingerprint density at radius 3 is 2.25 bits per heavy atom. The molecule has 116 valence electrons. The van der Waals surface area contributed by atoms with Crippen molar-refractivity contribution in [3.8, 4) is 0 Å². The summed E-state index contributed by atoms with van der Waals surface area (Å²) in [4.78, 5) is 27.9. The summed E-state index contributed by atoms with van der Waals surface area (Å²) >= 11 is 0. The van der Waals surface area contributed by atoms with Gasteiger partial charge in [-0.25, -0.2) is 0 Å². The summed E-state index contributed by atoms with van der Waals surface area (Å²) in [5, 5.41) is 0. The van der Waals surface area contributed by atoms with Crippen molar-refractivity contribution in [2.75, 3.05) is 32.8 Å². The standard InChI is InChI=1S/C15H28N2O3/c1-4-16(12-14(18)20-5-2)13(3)15(19)17-10-8-6-7-9-11-17/h13H,4-12H2,1-3H3. The molecule has 1 fully saturated rings. The Balaban J connectivity index is 2.57. The van der Waals surface area contributed by atoms with Gasteiger partial charge in [0, 0.05) is 13.1 Å². The molecule has 1 rings (SSSR count). The van der Waals surface area contributed by atoms with Gasteiger partial charge in [-0.1, -0.05) is 19.8 Å². The van der Waals surface area contributed by atoms with Crippen LogP contribution in [0.4, 0.5) is 0 Å². The van der Waals surface area contributed by atoms with E-state index in [9.17, 15) is 9.59 Å². The van der Waals surface area contributed by atoms with E-state index in [1.54, 1.807) is 6.92 Å². The SMILES string of the molecule is CCOC(=O)CN(CC)C(C)C(=O)N1CCCCCC1. The molecule has 20 heavy (non-hydrogen) atoms. The van der Waals surface area contributed by atoms with E-state index in [0.29, 0.717) is 13.2 Å². The Hall–Kier alpha value is -1.10. The minimum Gasteiger partial charge on any atom is -0.465 e. The highest BCUT2D eigenvalue weighted by molar-refractivity contribution is 5.82. The number of hydrogen-bond donors (Lipinski definition) is 0. The molecule has 1 aliphatic rings. The van der Waals surface area contributed by atoms with Crippen LogP contribution in [-0.2, 0) is 14.3 Å². The number of carbonyl (C=O) groups is 2. The van der Waals surface area contributed by atoms with Crippen LogP contribution in [0, 0.1) is 0 Å². The average Bonchev–Trinajstić information content (AvgIpc) is 2.72. The molecule has 1 unspecified atom stereocenters. The quantitative estimate of drug-likeness (QED) is 0.696. The van der Waals surface area contributed by atoms with Crippen molar-refractivity contribution in [2.45, 2.75) is 52.5 Å². The third-order valence-electron chi connectivity index (χ3n) is 3.87. The first-order valence-corrected chi connectivity index (χ1v) is 7.78. The van der Waals surface area contributed by atoms with E-state index < -0.39 is 0 Å². The van der Waals surface area contributed by atoms with Crippen molar-refractivity contribution >= 4 is 11.9 Å². The van der Waals surface area contributed by atoms with Gasteiger partial charge in [-0.3, -0.25) is 14.5 Å². The summed E-state index contributed by atoms with van der Waals surface area (Å²) < 4.78 is 4.96. The Morgan fingerprint density at radius 1 is 1.15 bits per heavy atom. The summed E-state index contributed by atoms with van der Waals surface area (Å²) in [6.07, 6.45) is 4.59. The zero-order valence-corrected chi connectivity index (χ0v) is 13.1. The summed E-state index contributed by atoms with van der Waals surface area (Å²) in [6, 6.07) is -0.262. The lowest BCUT2D eigenvalue weighted by atomic mass is 10.2. The summed E-state index contributed by atoms with van der Waals surface area (Å²) in [7, 11) is 0. The fourth-order valence-electron chi connectivity index (χ4n) is 2.61. The smallest absolute Gasteiger partial charge is 0.320 e. The van der Waals surface area contributed by atoms with Crippen LogP contribution in [0.15, 0.2) is 0 Å². The first-order valence-electron chi connectivity index (χ1n) is 7.78. The molecular weight excluding hydrogens is 256 g/mol. The maximum Gasteiger partial charge on any atom is 0.320 e. The van der Waals surface area contributed by atoms with E-state index in [-0.39, 0.29) is 24.5 Å². The van der Waals surface area contributed by atoms with Crippen molar-refractivity contribution in [3.05, 3.63) is 0 Å². The number of likely N-dealkylation sites (N-methyl/N-ethyl adjacent to an activating group) is 1. The van der Waals surface area contributed by atoms with Gasteiger partial charge in [-0.2, -0.15) is 0 Å². The highest BCUT2D eigenvalue weighted by Gasteiger charge is 2.27. The van der Waals surface area contributed by atoms with Crippen molar-refractivity contribution in [2.24, 2.45) is 0 Å². The van der Waals surface area contributed by atoms with Crippen molar-refractivity contribution in [1.29, 1.82) is 0 Å². The zero-order chi connectivity index (χ0) is 15.0. The topological polar surface area (TPSA) is 49.9 Å². The molecule has 0 aliphatic carbocycles. The first-order chi connectivity index (χ1) is 9.60. The lowest BCUT2D eigenvalue weighted by Gasteiger charge is -2.31. The fraction of sp³-hybridized carbons (Fsp3) is 0.867. The van der Waals surface area contributed by atoms with Crippen LogP contribution in [-0.4, -0.2) is 60.5 Å². The van der Waals surface area contributed by atoms with E-state index in [1.807, 2.05) is 23.6 Å². The van der Waals surface area contributed by atoms with Gasteiger partial charge in [0.05, 0.1) is 19.2 Å². The van der Waals surface area contributed by atoms with E-state index in [2.05, 4.69) is 0 Å². The molecule has 0 aromatic rings. The van der Waals surface area contributed by atoms with Gasteiger partial charge in [0.15, 0.2) is 0 Å². The van der Waals surface area contributed by atoms with Crippen LogP contribution in [0.1, 0.15) is 46.5 Å². The van der Waals surface area contributed by atoms with Crippen LogP contribution < -0.4 is 0 Å². The monoisotopic (exact) mass is 284 g/mol. The third-order valence-corrected chi connectivity index (χ3v) is 3.87. The van der Waals surface area contributed by atoms with Crippen LogP contribution >= 0.6 is 0 Å². The molecule has 0 bridgehead atoms. The highest BCUT2D eigenvalue weighted by Crippen LogP contribution is 2.12. The van der Waals surface area contributed by atoms with E-state index in [1.165, 1.54) is 12.8 Å². The Kier molecular flexibility index (Phi) is 7.59. The summed E-state index contributed by atoms with van der Waals surface area (Å²) in [5.74, 6) is -0.122. The number of nitrogens with zero attached hydrogens (tertiary/aromatic N) is 2. The van der Waals surface area contributed by atoms with Crippen LogP contribution in [0.2, 0.25) is 0 Å². The molecule has 0 aromatic heterocycles. The van der Waals surface area contributed by atoms with Crippen molar-refractivity contribution < 1.29 is 14.3 Å². The molecule has 1 amide bonds.